The number of hydrogen-bond acceptors (Lipinski definition) is 4. The smallest absolute Gasteiger partial charge is 0.265 e. The Balaban J connectivity index is 1.44. The topological polar surface area (TPSA) is 53.1 Å². The van der Waals surface area contributed by atoms with Gasteiger partial charge >= 0.3 is 0 Å². The Morgan fingerprint density at radius 1 is 1.00 bits per heavy atom. The lowest BCUT2D eigenvalue weighted by Crippen LogP contribution is -2.52. The molecule has 0 bridgehead atoms. The molecule has 0 aromatic heterocycles. The number of likely N-dealkylation sites (N-methyl/N-ethyl adjacent to an activating group) is 1. The van der Waals surface area contributed by atoms with Crippen LogP contribution < -0.4 is 9.64 Å². The normalized spacial score (nSPS) is 18.5. The molecule has 0 unspecified atom stereocenters. The van der Waals surface area contributed by atoms with Gasteiger partial charge in [-0.25, -0.2) is 0 Å². The molecular formula is C24H29N3O3. The molecule has 0 N–H and O–H groups in total. The van der Waals surface area contributed by atoms with Crippen LogP contribution in [-0.2, 0) is 15.0 Å². The number of carbonyl (C=O) groups is 2. The van der Waals surface area contributed by atoms with Gasteiger partial charge in [0.25, 0.3) is 5.91 Å². The highest BCUT2D eigenvalue weighted by molar-refractivity contribution is 5.97. The van der Waals surface area contributed by atoms with E-state index >= 15 is 0 Å². The number of likely N-dealkylation sites (tertiary alicyclic amines) is 1. The summed E-state index contributed by atoms with van der Waals surface area (Å²) in [7, 11) is 3.67. The van der Waals surface area contributed by atoms with Crippen LogP contribution in [0.4, 0.5) is 5.69 Å². The summed E-state index contributed by atoms with van der Waals surface area (Å²) in [4.78, 5) is 31.5. The second-order valence-corrected chi connectivity index (χ2v) is 8.29. The minimum atomic E-state index is -0.470. The SMILES string of the molecule is CN(C)C(=O)C1(c2ccccc2)CCN(CCN2C(=O)COc3ccccc32)CC1. The molecule has 158 valence electrons. The molecule has 0 spiro atoms. The number of hydrogen-bond donors (Lipinski definition) is 0. The van der Waals surface area contributed by atoms with Gasteiger partial charge in [-0.15, -0.1) is 0 Å². The van der Waals surface area contributed by atoms with Gasteiger partial charge in [-0.05, 0) is 43.6 Å². The molecule has 30 heavy (non-hydrogen) atoms. The molecule has 6 heteroatoms. The van der Waals surface area contributed by atoms with Crippen LogP contribution in [-0.4, -0.2) is 68.5 Å². The van der Waals surface area contributed by atoms with Crippen molar-refractivity contribution in [3.63, 3.8) is 0 Å². The van der Waals surface area contributed by atoms with Crippen molar-refractivity contribution < 1.29 is 14.3 Å². The zero-order chi connectivity index (χ0) is 21.1. The molecule has 2 aliphatic rings. The Bertz CT molecular complexity index is 905. The number of amides is 2. The van der Waals surface area contributed by atoms with Crippen molar-refractivity contribution >= 4 is 17.5 Å². The zero-order valence-corrected chi connectivity index (χ0v) is 17.7. The summed E-state index contributed by atoms with van der Waals surface area (Å²) >= 11 is 0. The number of rotatable bonds is 5. The van der Waals surface area contributed by atoms with Gasteiger partial charge in [0.15, 0.2) is 6.61 Å². The Hall–Kier alpha value is -2.86. The van der Waals surface area contributed by atoms with Crippen LogP contribution in [0.15, 0.2) is 54.6 Å². The van der Waals surface area contributed by atoms with Crippen LogP contribution >= 0.6 is 0 Å². The van der Waals surface area contributed by atoms with Gasteiger partial charge < -0.3 is 19.4 Å². The number of para-hydroxylation sites is 2. The van der Waals surface area contributed by atoms with Gasteiger partial charge in [0.1, 0.15) is 5.75 Å². The monoisotopic (exact) mass is 407 g/mol. The predicted molar refractivity (Wildman–Crippen MR) is 117 cm³/mol. The van der Waals surface area contributed by atoms with Gasteiger partial charge in [-0.2, -0.15) is 0 Å². The molecule has 0 aliphatic carbocycles. The van der Waals surface area contributed by atoms with Gasteiger partial charge in [-0.3, -0.25) is 9.59 Å². The largest absolute Gasteiger partial charge is 0.482 e. The molecule has 0 atom stereocenters. The van der Waals surface area contributed by atoms with E-state index in [1.54, 1.807) is 4.90 Å². The minimum Gasteiger partial charge on any atom is -0.482 e. The second kappa shape index (κ2) is 8.48. The first kappa shape index (κ1) is 20.4. The summed E-state index contributed by atoms with van der Waals surface area (Å²) in [6.07, 6.45) is 1.56. The summed E-state index contributed by atoms with van der Waals surface area (Å²) < 4.78 is 5.54. The van der Waals surface area contributed by atoms with Crippen LogP contribution in [0.2, 0.25) is 0 Å². The average molecular weight is 408 g/mol. The lowest BCUT2D eigenvalue weighted by Gasteiger charge is -2.43. The van der Waals surface area contributed by atoms with E-state index in [1.165, 1.54) is 0 Å². The van der Waals surface area contributed by atoms with E-state index in [9.17, 15) is 9.59 Å². The van der Waals surface area contributed by atoms with Crippen LogP contribution in [0.25, 0.3) is 0 Å². The standard InChI is InChI=1S/C24H29N3O3/c1-25(2)23(29)24(19-8-4-3-5-9-19)12-14-26(15-13-24)16-17-27-20-10-6-7-11-21(20)30-18-22(27)28/h3-11H,12-18H2,1-2H3. The van der Waals surface area contributed by atoms with Crippen molar-refractivity contribution in [3.8, 4) is 5.75 Å². The molecule has 6 nitrogen and oxygen atoms in total. The van der Waals surface area contributed by atoms with E-state index in [0.717, 1.165) is 49.5 Å². The van der Waals surface area contributed by atoms with Crippen molar-refractivity contribution in [2.45, 2.75) is 18.3 Å². The van der Waals surface area contributed by atoms with Gasteiger partial charge in [-0.1, -0.05) is 42.5 Å². The lowest BCUT2D eigenvalue weighted by atomic mass is 9.71. The fraction of sp³-hybridized carbons (Fsp3) is 0.417. The first-order chi connectivity index (χ1) is 14.5. The second-order valence-electron chi connectivity index (χ2n) is 8.29. The van der Waals surface area contributed by atoms with Gasteiger partial charge in [0.2, 0.25) is 5.91 Å². The molecule has 1 saturated heterocycles. The van der Waals surface area contributed by atoms with E-state index in [0.29, 0.717) is 6.54 Å². The van der Waals surface area contributed by atoms with Crippen LogP contribution in [0.3, 0.4) is 0 Å². The number of piperidine rings is 1. The van der Waals surface area contributed by atoms with Crippen molar-refractivity contribution in [1.29, 1.82) is 0 Å². The number of nitrogens with zero attached hydrogens (tertiary/aromatic N) is 3. The van der Waals surface area contributed by atoms with E-state index in [4.69, 9.17) is 4.74 Å². The predicted octanol–water partition coefficient (Wildman–Crippen LogP) is 2.53. The number of fused-ring (bicyclic) bond motifs is 1. The zero-order valence-electron chi connectivity index (χ0n) is 17.7. The third-order valence-electron chi connectivity index (χ3n) is 6.30. The third-order valence-corrected chi connectivity index (χ3v) is 6.30. The highest BCUT2D eigenvalue weighted by Gasteiger charge is 2.43. The fourth-order valence-corrected chi connectivity index (χ4v) is 4.61. The van der Waals surface area contributed by atoms with Crippen molar-refractivity contribution in [1.82, 2.24) is 9.80 Å². The van der Waals surface area contributed by atoms with E-state index < -0.39 is 5.41 Å². The van der Waals surface area contributed by atoms with Crippen molar-refractivity contribution in [2.24, 2.45) is 0 Å². The number of benzene rings is 2. The minimum absolute atomic E-state index is 0.00729. The summed E-state index contributed by atoms with van der Waals surface area (Å²) in [5.41, 5.74) is 1.47. The maximum Gasteiger partial charge on any atom is 0.265 e. The molecule has 0 radical (unpaired) electrons. The molecule has 1 fully saturated rings. The maximum atomic E-state index is 13.2. The van der Waals surface area contributed by atoms with Crippen molar-refractivity contribution in [2.75, 3.05) is 51.8 Å². The van der Waals surface area contributed by atoms with Crippen LogP contribution in [0, 0.1) is 0 Å². The Morgan fingerprint density at radius 3 is 2.37 bits per heavy atom. The number of ether oxygens (including phenoxy) is 1. The van der Waals surface area contributed by atoms with Crippen LogP contribution in [0.1, 0.15) is 18.4 Å². The Morgan fingerprint density at radius 2 is 1.67 bits per heavy atom. The Kier molecular flexibility index (Phi) is 5.77. The summed E-state index contributed by atoms with van der Waals surface area (Å²) in [5, 5.41) is 0. The summed E-state index contributed by atoms with van der Waals surface area (Å²) in [5.74, 6) is 0.924. The fourth-order valence-electron chi connectivity index (χ4n) is 4.61. The molecular weight excluding hydrogens is 378 g/mol. The average Bonchev–Trinajstić information content (AvgIpc) is 2.79. The van der Waals surface area contributed by atoms with E-state index in [2.05, 4.69) is 17.0 Å². The van der Waals surface area contributed by atoms with E-state index in [1.807, 2.05) is 61.5 Å². The number of anilines is 1. The molecule has 2 amide bonds. The van der Waals surface area contributed by atoms with Gasteiger partial charge in [0.05, 0.1) is 11.1 Å². The molecule has 2 heterocycles. The quantitative estimate of drug-likeness (QED) is 0.764. The van der Waals surface area contributed by atoms with Crippen LogP contribution in [0.5, 0.6) is 5.75 Å². The third kappa shape index (κ3) is 3.79. The first-order valence-electron chi connectivity index (χ1n) is 10.5. The number of carbonyl (C=O) groups excluding carboxylic acids is 2. The highest BCUT2D eigenvalue weighted by atomic mass is 16.5. The van der Waals surface area contributed by atoms with E-state index in [-0.39, 0.29) is 18.4 Å². The first-order valence-corrected chi connectivity index (χ1v) is 10.5. The summed E-state index contributed by atoms with van der Waals surface area (Å²) in [6.45, 7) is 3.15. The molecule has 2 aromatic carbocycles. The van der Waals surface area contributed by atoms with Crippen molar-refractivity contribution in [3.05, 3.63) is 60.2 Å². The molecule has 0 saturated carbocycles. The highest BCUT2D eigenvalue weighted by Crippen LogP contribution is 2.37. The molecule has 4 rings (SSSR count). The van der Waals surface area contributed by atoms with Gasteiger partial charge in [0, 0.05) is 27.2 Å². The maximum absolute atomic E-state index is 13.2. The molecule has 2 aliphatic heterocycles. The lowest BCUT2D eigenvalue weighted by molar-refractivity contribution is -0.136. The Labute approximate surface area is 178 Å². The molecule has 2 aromatic rings. The summed E-state index contributed by atoms with van der Waals surface area (Å²) in [6, 6.07) is 17.8.